The Balaban J connectivity index is 1.75. The molecule has 2 rings (SSSR count). The third kappa shape index (κ3) is 5.14. The summed E-state index contributed by atoms with van der Waals surface area (Å²) in [5.41, 5.74) is -0.117. The largest absolute Gasteiger partial charge is 0.386 e. The molecule has 1 aliphatic rings. The molecule has 0 unspecified atom stereocenters. The summed E-state index contributed by atoms with van der Waals surface area (Å²) >= 11 is 0. The van der Waals surface area contributed by atoms with Crippen molar-refractivity contribution in [3.63, 3.8) is 0 Å². The van der Waals surface area contributed by atoms with Crippen LogP contribution in [-0.4, -0.2) is 44.2 Å². The summed E-state index contributed by atoms with van der Waals surface area (Å²) in [5.74, 6) is -1.59. The fourth-order valence-electron chi connectivity index (χ4n) is 2.40. The second-order valence-electron chi connectivity index (χ2n) is 5.54. The molecule has 1 aromatic rings. The van der Waals surface area contributed by atoms with E-state index in [4.69, 9.17) is 0 Å². The molecule has 3 N–H and O–H groups in total. The lowest BCUT2D eigenvalue weighted by atomic mass is 10.1. The monoisotopic (exact) mass is 348 g/mol. The van der Waals surface area contributed by atoms with E-state index in [2.05, 4.69) is 10.6 Å². The van der Waals surface area contributed by atoms with Gasteiger partial charge in [-0.2, -0.15) is 0 Å². The van der Waals surface area contributed by atoms with Crippen LogP contribution in [0.5, 0.6) is 0 Å². The number of hydrogen-bond acceptors (Lipinski definition) is 4. The minimum absolute atomic E-state index is 0.0523. The summed E-state index contributed by atoms with van der Waals surface area (Å²) in [7, 11) is -3.00. The van der Waals surface area contributed by atoms with Crippen molar-refractivity contribution >= 4 is 15.9 Å². The first kappa shape index (κ1) is 17.6. The first-order valence-electron chi connectivity index (χ1n) is 7.12. The fraction of sp³-hybridized carbons (Fsp3) is 0.500. The van der Waals surface area contributed by atoms with Crippen molar-refractivity contribution in [2.75, 3.05) is 24.6 Å². The number of aliphatic hydroxyl groups is 1. The summed E-state index contributed by atoms with van der Waals surface area (Å²) in [4.78, 5) is 11.6. The maximum atomic E-state index is 13.5. The van der Waals surface area contributed by atoms with Crippen molar-refractivity contribution in [2.45, 2.75) is 12.5 Å². The standard InChI is InChI=1S/C14H18F2N2O4S/c15-10-1-2-11(12(16)5-10)13(19)7-18-14(20)17-6-9-3-4-23(21,22)8-9/h1-2,5,9,13,19H,3-4,6-8H2,(H2,17,18,20)/t9-,13-/m1/s1. The van der Waals surface area contributed by atoms with Crippen LogP contribution < -0.4 is 10.6 Å². The van der Waals surface area contributed by atoms with E-state index in [1.807, 2.05) is 0 Å². The summed E-state index contributed by atoms with van der Waals surface area (Å²) in [6.07, 6.45) is -0.806. The number of carbonyl (C=O) groups is 1. The number of benzene rings is 1. The second-order valence-corrected chi connectivity index (χ2v) is 7.77. The molecule has 1 saturated heterocycles. The lowest BCUT2D eigenvalue weighted by molar-refractivity contribution is 0.168. The molecule has 1 heterocycles. The van der Waals surface area contributed by atoms with Gasteiger partial charge in [0.2, 0.25) is 0 Å². The summed E-state index contributed by atoms with van der Waals surface area (Å²) in [6, 6.07) is 2.19. The highest BCUT2D eigenvalue weighted by molar-refractivity contribution is 7.91. The topological polar surface area (TPSA) is 95.5 Å². The number of hydrogen-bond donors (Lipinski definition) is 3. The number of nitrogens with one attached hydrogen (secondary N) is 2. The molecule has 9 heteroatoms. The van der Waals surface area contributed by atoms with Crippen molar-refractivity contribution in [3.05, 3.63) is 35.4 Å². The third-order valence-electron chi connectivity index (χ3n) is 3.66. The molecule has 6 nitrogen and oxygen atoms in total. The Labute approximate surface area is 132 Å². The van der Waals surface area contributed by atoms with Gasteiger partial charge in [0.15, 0.2) is 9.84 Å². The number of amides is 2. The molecule has 0 saturated carbocycles. The molecule has 0 aromatic heterocycles. The minimum Gasteiger partial charge on any atom is -0.386 e. The Hall–Kier alpha value is -1.74. The number of urea groups is 1. The van der Waals surface area contributed by atoms with Crippen molar-refractivity contribution in [2.24, 2.45) is 5.92 Å². The van der Waals surface area contributed by atoms with Gasteiger partial charge in [0.25, 0.3) is 0 Å². The predicted octanol–water partition coefficient (Wildman–Crippen LogP) is 0.732. The van der Waals surface area contributed by atoms with Crippen LogP contribution in [0.25, 0.3) is 0 Å². The van der Waals surface area contributed by atoms with E-state index in [0.717, 1.165) is 12.1 Å². The van der Waals surface area contributed by atoms with Gasteiger partial charge < -0.3 is 15.7 Å². The minimum atomic E-state index is -3.00. The average molecular weight is 348 g/mol. The molecule has 0 aliphatic carbocycles. The number of halogens is 2. The first-order chi connectivity index (χ1) is 10.8. The molecule has 128 valence electrons. The van der Waals surface area contributed by atoms with Gasteiger partial charge in [-0.25, -0.2) is 22.0 Å². The third-order valence-corrected chi connectivity index (χ3v) is 5.49. The highest BCUT2D eigenvalue weighted by atomic mass is 32.2. The number of rotatable bonds is 5. The van der Waals surface area contributed by atoms with E-state index in [9.17, 15) is 27.1 Å². The highest BCUT2D eigenvalue weighted by Gasteiger charge is 2.27. The Bertz CT molecular complexity index is 681. The molecule has 0 radical (unpaired) electrons. The van der Waals surface area contributed by atoms with E-state index in [0.29, 0.717) is 12.5 Å². The van der Waals surface area contributed by atoms with E-state index < -0.39 is 33.6 Å². The molecule has 1 aromatic carbocycles. The lowest BCUT2D eigenvalue weighted by Gasteiger charge is -2.15. The van der Waals surface area contributed by atoms with Crippen molar-refractivity contribution in [1.29, 1.82) is 0 Å². The van der Waals surface area contributed by atoms with E-state index in [1.54, 1.807) is 0 Å². The number of aliphatic hydroxyl groups excluding tert-OH is 1. The predicted molar refractivity (Wildman–Crippen MR) is 79.5 cm³/mol. The van der Waals surface area contributed by atoms with Crippen molar-refractivity contribution < 1.29 is 27.1 Å². The maximum absolute atomic E-state index is 13.5. The van der Waals surface area contributed by atoms with Crippen LogP contribution in [0.4, 0.5) is 13.6 Å². The lowest BCUT2D eigenvalue weighted by Crippen LogP contribution is -2.40. The summed E-state index contributed by atoms with van der Waals surface area (Å²) in [6.45, 7) is -0.0383. The second kappa shape index (κ2) is 7.22. The van der Waals surface area contributed by atoms with Crippen LogP contribution in [0.2, 0.25) is 0 Å². The zero-order valence-electron chi connectivity index (χ0n) is 12.3. The van der Waals surface area contributed by atoms with E-state index in [-0.39, 0.29) is 36.1 Å². The molecule has 0 bridgehead atoms. The van der Waals surface area contributed by atoms with Crippen LogP contribution in [0.15, 0.2) is 18.2 Å². The van der Waals surface area contributed by atoms with Gasteiger partial charge in [-0.1, -0.05) is 6.07 Å². The maximum Gasteiger partial charge on any atom is 0.314 e. The van der Waals surface area contributed by atoms with Gasteiger partial charge in [0, 0.05) is 24.7 Å². The summed E-state index contributed by atoms with van der Waals surface area (Å²) in [5, 5.41) is 14.7. The molecule has 1 aliphatic heterocycles. The first-order valence-corrected chi connectivity index (χ1v) is 8.94. The van der Waals surface area contributed by atoms with Crippen LogP contribution in [0.1, 0.15) is 18.1 Å². The Morgan fingerprint density at radius 3 is 2.70 bits per heavy atom. The zero-order chi connectivity index (χ0) is 17.0. The van der Waals surface area contributed by atoms with Gasteiger partial charge in [0.1, 0.15) is 11.6 Å². The Kier molecular flexibility index (Phi) is 5.53. The highest BCUT2D eigenvalue weighted by Crippen LogP contribution is 2.18. The molecule has 2 amide bonds. The van der Waals surface area contributed by atoms with Crippen molar-refractivity contribution in [3.8, 4) is 0 Å². The van der Waals surface area contributed by atoms with E-state index in [1.165, 1.54) is 0 Å². The van der Waals surface area contributed by atoms with Gasteiger partial charge >= 0.3 is 6.03 Å². The van der Waals surface area contributed by atoms with E-state index >= 15 is 0 Å². The van der Waals surface area contributed by atoms with Gasteiger partial charge in [-0.05, 0) is 18.4 Å². The molecule has 1 fully saturated rings. The number of carbonyl (C=O) groups excluding carboxylic acids is 1. The van der Waals surface area contributed by atoms with Gasteiger partial charge in [-0.15, -0.1) is 0 Å². The average Bonchev–Trinajstić information content (AvgIpc) is 2.82. The number of sulfone groups is 1. The Morgan fingerprint density at radius 2 is 2.09 bits per heavy atom. The van der Waals surface area contributed by atoms with Gasteiger partial charge in [-0.3, -0.25) is 0 Å². The van der Waals surface area contributed by atoms with Crippen LogP contribution in [-0.2, 0) is 9.84 Å². The quantitative estimate of drug-likeness (QED) is 0.731. The van der Waals surface area contributed by atoms with Crippen LogP contribution >= 0.6 is 0 Å². The molecular formula is C14H18F2N2O4S. The molecule has 0 spiro atoms. The Morgan fingerprint density at radius 1 is 1.35 bits per heavy atom. The molecular weight excluding hydrogens is 330 g/mol. The SMILES string of the molecule is O=C(NC[C@H]1CCS(=O)(=O)C1)NC[C@@H](O)c1ccc(F)cc1F. The molecule has 2 atom stereocenters. The smallest absolute Gasteiger partial charge is 0.314 e. The van der Waals surface area contributed by atoms with Gasteiger partial charge in [0.05, 0.1) is 17.6 Å². The summed E-state index contributed by atoms with van der Waals surface area (Å²) < 4.78 is 48.8. The zero-order valence-corrected chi connectivity index (χ0v) is 13.1. The molecule has 23 heavy (non-hydrogen) atoms. The fourth-order valence-corrected chi connectivity index (χ4v) is 4.27. The van der Waals surface area contributed by atoms with Crippen LogP contribution in [0.3, 0.4) is 0 Å². The normalized spacial score (nSPS) is 20.9. The van der Waals surface area contributed by atoms with Crippen LogP contribution in [0, 0.1) is 17.6 Å². The van der Waals surface area contributed by atoms with Crippen molar-refractivity contribution in [1.82, 2.24) is 10.6 Å².